The monoisotopic (exact) mass is 212 g/mol. The van der Waals surface area contributed by atoms with Crippen LogP contribution in [0.4, 0.5) is 5.69 Å². The first kappa shape index (κ1) is 10.9. The summed E-state index contributed by atoms with van der Waals surface area (Å²) < 4.78 is 0. The number of anilines is 1. The lowest BCUT2D eigenvalue weighted by atomic mass is 10.2. The molecule has 0 heterocycles. The lowest BCUT2D eigenvalue weighted by molar-refractivity contribution is -0.118. The van der Waals surface area contributed by atoms with E-state index in [1.165, 1.54) is 0 Å². The minimum atomic E-state index is -0.266. The quantitative estimate of drug-likeness (QED) is 0.734. The molecule has 0 unspecified atom stereocenters. The molecule has 1 aromatic carbocycles. The smallest absolute Gasteiger partial charge is 0.217 e. The summed E-state index contributed by atoms with van der Waals surface area (Å²) in [4.78, 5) is 10.4. The Labute approximate surface area is 88.2 Å². The fourth-order valence-electron chi connectivity index (χ4n) is 1.09. The van der Waals surface area contributed by atoms with Crippen molar-refractivity contribution in [2.24, 2.45) is 5.73 Å². The van der Waals surface area contributed by atoms with Gasteiger partial charge in [0, 0.05) is 23.7 Å². The van der Waals surface area contributed by atoms with E-state index in [1.807, 2.05) is 24.3 Å². The first-order valence-electron chi connectivity index (χ1n) is 4.46. The average molecular weight is 213 g/mol. The van der Waals surface area contributed by atoms with Crippen molar-refractivity contribution < 1.29 is 4.79 Å². The molecule has 0 saturated heterocycles. The summed E-state index contributed by atoms with van der Waals surface area (Å²) in [6, 6.07) is 7.46. The number of halogens is 1. The Balaban J connectivity index is 2.28. The van der Waals surface area contributed by atoms with Gasteiger partial charge in [0.25, 0.3) is 0 Å². The maximum absolute atomic E-state index is 10.4. The summed E-state index contributed by atoms with van der Waals surface area (Å²) in [5.74, 6) is -0.266. The van der Waals surface area contributed by atoms with Gasteiger partial charge in [-0.1, -0.05) is 17.7 Å². The second-order valence-electron chi connectivity index (χ2n) is 3.01. The van der Waals surface area contributed by atoms with Crippen molar-refractivity contribution >= 4 is 23.2 Å². The van der Waals surface area contributed by atoms with Crippen molar-refractivity contribution in [2.45, 2.75) is 12.8 Å². The zero-order valence-corrected chi connectivity index (χ0v) is 8.55. The van der Waals surface area contributed by atoms with E-state index >= 15 is 0 Å². The molecule has 0 aliphatic rings. The molecule has 3 nitrogen and oxygen atoms in total. The SMILES string of the molecule is NC(=O)CCCNc1cccc(Cl)c1. The van der Waals surface area contributed by atoms with E-state index in [4.69, 9.17) is 17.3 Å². The highest BCUT2D eigenvalue weighted by atomic mass is 35.5. The van der Waals surface area contributed by atoms with Crippen LogP contribution in [-0.2, 0) is 4.79 Å². The van der Waals surface area contributed by atoms with Crippen LogP contribution in [0.2, 0.25) is 5.02 Å². The molecule has 0 aromatic heterocycles. The molecule has 14 heavy (non-hydrogen) atoms. The minimum absolute atomic E-state index is 0.266. The Morgan fingerprint density at radius 1 is 1.50 bits per heavy atom. The molecule has 0 radical (unpaired) electrons. The maximum atomic E-state index is 10.4. The van der Waals surface area contributed by atoms with Gasteiger partial charge in [-0.3, -0.25) is 4.79 Å². The molecule has 0 spiro atoms. The standard InChI is InChI=1S/C10H13ClN2O/c11-8-3-1-4-9(7-8)13-6-2-5-10(12)14/h1,3-4,7,13H,2,5-6H2,(H2,12,14). The van der Waals surface area contributed by atoms with Crippen LogP contribution in [0.3, 0.4) is 0 Å². The summed E-state index contributed by atoms with van der Waals surface area (Å²) >= 11 is 5.79. The second kappa shape index (κ2) is 5.50. The summed E-state index contributed by atoms with van der Waals surface area (Å²) in [6.45, 7) is 0.725. The van der Waals surface area contributed by atoms with Gasteiger partial charge >= 0.3 is 0 Å². The van der Waals surface area contributed by atoms with Gasteiger partial charge in [-0.15, -0.1) is 0 Å². The largest absolute Gasteiger partial charge is 0.385 e. The predicted molar refractivity (Wildman–Crippen MR) is 58.4 cm³/mol. The highest BCUT2D eigenvalue weighted by Crippen LogP contribution is 2.14. The third-order valence-corrected chi connectivity index (χ3v) is 1.99. The highest BCUT2D eigenvalue weighted by Gasteiger charge is 1.95. The van der Waals surface area contributed by atoms with Gasteiger partial charge in [-0.25, -0.2) is 0 Å². The van der Waals surface area contributed by atoms with E-state index in [0.29, 0.717) is 11.4 Å². The summed E-state index contributed by atoms with van der Waals surface area (Å²) in [6.07, 6.45) is 1.15. The van der Waals surface area contributed by atoms with Gasteiger partial charge in [0.05, 0.1) is 0 Å². The topological polar surface area (TPSA) is 55.1 Å². The number of rotatable bonds is 5. The first-order chi connectivity index (χ1) is 6.68. The van der Waals surface area contributed by atoms with Crippen molar-refractivity contribution in [2.75, 3.05) is 11.9 Å². The Kier molecular flexibility index (Phi) is 4.26. The molecule has 1 aromatic rings. The number of nitrogens with two attached hydrogens (primary N) is 1. The molecule has 3 N–H and O–H groups in total. The van der Waals surface area contributed by atoms with Crippen molar-refractivity contribution in [1.29, 1.82) is 0 Å². The van der Waals surface area contributed by atoms with E-state index in [-0.39, 0.29) is 5.91 Å². The molecule has 1 rings (SSSR count). The van der Waals surface area contributed by atoms with Crippen LogP contribution in [0, 0.1) is 0 Å². The van der Waals surface area contributed by atoms with Gasteiger partial charge in [-0.05, 0) is 24.6 Å². The normalized spacial score (nSPS) is 9.79. The fourth-order valence-corrected chi connectivity index (χ4v) is 1.28. The average Bonchev–Trinajstić information content (AvgIpc) is 2.12. The Morgan fingerprint density at radius 2 is 2.29 bits per heavy atom. The van der Waals surface area contributed by atoms with Crippen molar-refractivity contribution in [1.82, 2.24) is 0 Å². The third kappa shape index (κ3) is 4.14. The number of hydrogen-bond acceptors (Lipinski definition) is 2. The lowest BCUT2D eigenvalue weighted by Gasteiger charge is -2.05. The molecule has 0 saturated carbocycles. The zero-order chi connectivity index (χ0) is 10.4. The van der Waals surface area contributed by atoms with Gasteiger partial charge in [-0.2, -0.15) is 0 Å². The number of amides is 1. The molecular weight excluding hydrogens is 200 g/mol. The number of hydrogen-bond donors (Lipinski definition) is 2. The molecule has 0 aliphatic carbocycles. The molecule has 4 heteroatoms. The van der Waals surface area contributed by atoms with Crippen LogP contribution in [-0.4, -0.2) is 12.5 Å². The van der Waals surface area contributed by atoms with Gasteiger partial charge in [0.1, 0.15) is 0 Å². The number of primary amides is 1. The molecule has 0 atom stereocenters. The fraction of sp³-hybridized carbons (Fsp3) is 0.300. The number of carbonyl (C=O) groups excluding carboxylic acids is 1. The van der Waals surface area contributed by atoms with Crippen LogP contribution in [0.5, 0.6) is 0 Å². The van der Waals surface area contributed by atoms with Crippen LogP contribution in [0.15, 0.2) is 24.3 Å². The lowest BCUT2D eigenvalue weighted by Crippen LogP contribution is -2.12. The Hall–Kier alpha value is -1.22. The van der Waals surface area contributed by atoms with E-state index in [1.54, 1.807) is 0 Å². The molecule has 0 aliphatic heterocycles. The zero-order valence-electron chi connectivity index (χ0n) is 7.79. The van der Waals surface area contributed by atoms with Crippen molar-refractivity contribution in [3.63, 3.8) is 0 Å². The summed E-state index contributed by atoms with van der Waals surface area (Å²) in [7, 11) is 0. The van der Waals surface area contributed by atoms with Crippen LogP contribution in [0.25, 0.3) is 0 Å². The summed E-state index contributed by atoms with van der Waals surface area (Å²) in [5.41, 5.74) is 5.97. The molecule has 0 fully saturated rings. The maximum Gasteiger partial charge on any atom is 0.217 e. The molecule has 1 amide bonds. The van der Waals surface area contributed by atoms with E-state index in [2.05, 4.69) is 5.32 Å². The van der Waals surface area contributed by atoms with Crippen LogP contribution >= 0.6 is 11.6 Å². The molecule has 0 bridgehead atoms. The van der Waals surface area contributed by atoms with Gasteiger partial charge < -0.3 is 11.1 Å². The third-order valence-electron chi connectivity index (χ3n) is 1.75. The first-order valence-corrected chi connectivity index (χ1v) is 4.84. The van der Waals surface area contributed by atoms with Crippen molar-refractivity contribution in [3.05, 3.63) is 29.3 Å². The number of nitrogens with one attached hydrogen (secondary N) is 1. The van der Waals surface area contributed by atoms with E-state index in [0.717, 1.165) is 18.7 Å². The van der Waals surface area contributed by atoms with Crippen LogP contribution in [0.1, 0.15) is 12.8 Å². The second-order valence-corrected chi connectivity index (χ2v) is 3.44. The molecule has 76 valence electrons. The molecular formula is C10H13ClN2O. The number of carbonyl (C=O) groups is 1. The summed E-state index contributed by atoms with van der Waals surface area (Å²) in [5, 5.41) is 3.85. The Bertz CT molecular complexity index is 315. The van der Waals surface area contributed by atoms with E-state index in [9.17, 15) is 4.79 Å². The van der Waals surface area contributed by atoms with Gasteiger partial charge in [0.2, 0.25) is 5.91 Å². The number of benzene rings is 1. The van der Waals surface area contributed by atoms with Crippen molar-refractivity contribution in [3.8, 4) is 0 Å². The minimum Gasteiger partial charge on any atom is -0.385 e. The Morgan fingerprint density at radius 3 is 2.93 bits per heavy atom. The predicted octanol–water partition coefficient (Wildman–Crippen LogP) is 2.02. The highest BCUT2D eigenvalue weighted by molar-refractivity contribution is 6.30. The van der Waals surface area contributed by atoms with E-state index < -0.39 is 0 Å². The van der Waals surface area contributed by atoms with Gasteiger partial charge in [0.15, 0.2) is 0 Å². The van der Waals surface area contributed by atoms with Crippen LogP contribution < -0.4 is 11.1 Å².